The average molecular weight is 346 g/mol. The molecule has 6 heteroatoms. The van der Waals surface area contributed by atoms with E-state index in [9.17, 15) is 9.59 Å². The van der Waals surface area contributed by atoms with Crippen molar-refractivity contribution < 1.29 is 19.4 Å². The molecule has 0 radical (unpaired) electrons. The van der Waals surface area contributed by atoms with E-state index in [1.165, 1.54) is 19.3 Å². The third kappa shape index (κ3) is 4.12. The molecule has 0 aliphatic carbocycles. The second-order valence-electron chi connectivity index (χ2n) is 6.87. The third-order valence-electron chi connectivity index (χ3n) is 5.24. The monoisotopic (exact) mass is 346 g/mol. The van der Waals surface area contributed by atoms with Crippen molar-refractivity contribution in [3.63, 3.8) is 0 Å². The summed E-state index contributed by atoms with van der Waals surface area (Å²) in [4.78, 5) is 28.1. The van der Waals surface area contributed by atoms with E-state index in [0.717, 1.165) is 26.1 Å². The zero-order valence-corrected chi connectivity index (χ0v) is 14.7. The largest absolute Gasteiger partial charge is 0.482 e. The molecule has 2 heterocycles. The number of ether oxygens (including phenoxy) is 1. The summed E-state index contributed by atoms with van der Waals surface area (Å²) in [6.07, 6.45) is 4.63. The number of nitrogens with zero attached hydrogens (tertiary/aromatic N) is 2. The van der Waals surface area contributed by atoms with Crippen LogP contribution < -0.4 is 4.74 Å². The maximum atomic E-state index is 13.0. The van der Waals surface area contributed by atoms with Gasteiger partial charge >= 0.3 is 5.97 Å². The van der Waals surface area contributed by atoms with Crippen LogP contribution >= 0.6 is 0 Å². The highest BCUT2D eigenvalue weighted by Crippen LogP contribution is 2.27. The number of rotatable bonds is 5. The van der Waals surface area contributed by atoms with Crippen molar-refractivity contribution in [1.82, 2.24) is 9.80 Å². The minimum absolute atomic E-state index is 0.0573. The van der Waals surface area contributed by atoms with Crippen molar-refractivity contribution in [2.24, 2.45) is 0 Å². The summed E-state index contributed by atoms with van der Waals surface area (Å²) < 4.78 is 5.13. The summed E-state index contributed by atoms with van der Waals surface area (Å²) in [5, 5.41) is 8.65. The number of piperazine rings is 1. The van der Waals surface area contributed by atoms with Crippen LogP contribution in [0, 0.1) is 0 Å². The molecule has 2 fully saturated rings. The second-order valence-corrected chi connectivity index (χ2v) is 6.87. The summed E-state index contributed by atoms with van der Waals surface area (Å²) in [5.74, 6) is -0.499. The number of fused-ring (bicyclic) bond motifs is 1. The molecular weight excluding hydrogens is 320 g/mol. The summed E-state index contributed by atoms with van der Waals surface area (Å²) in [5.41, 5.74) is 0.630. The molecule has 0 bridgehead atoms. The van der Waals surface area contributed by atoms with Crippen molar-refractivity contribution in [1.29, 1.82) is 0 Å². The van der Waals surface area contributed by atoms with Gasteiger partial charge in [0, 0.05) is 30.7 Å². The molecule has 1 aromatic carbocycles. The van der Waals surface area contributed by atoms with Crippen LogP contribution in [0.2, 0.25) is 0 Å². The number of carboxylic acid groups (broad SMARTS) is 1. The molecule has 1 amide bonds. The average Bonchev–Trinajstić information content (AvgIpc) is 2.65. The molecule has 1 N–H and O–H groups in total. The molecule has 0 aromatic heterocycles. The van der Waals surface area contributed by atoms with Gasteiger partial charge in [0.15, 0.2) is 6.61 Å². The van der Waals surface area contributed by atoms with E-state index in [1.807, 2.05) is 4.90 Å². The fourth-order valence-corrected chi connectivity index (χ4v) is 3.86. The van der Waals surface area contributed by atoms with Crippen molar-refractivity contribution in [2.45, 2.75) is 44.7 Å². The van der Waals surface area contributed by atoms with Crippen LogP contribution in [0.15, 0.2) is 24.3 Å². The number of carbonyl (C=O) groups excluding carboxylic acids is 1. The lowest BCUT2D eigenvalue weighted by atomic mass is 9.95. The topological polar surface area (TPSA) is 70.1 Å². The fraction of sp³-hybridized carbons (Fsp3) is 0.579. The zero-order chi connectivity index (χ0) is 17.8. The Kier molecular flexibility index (Phi) is 5.58. The van der Waals surface area contributed by atoms with Gasteiger partial charge in [-0.1, -0.05) is 13.3 Å². The van der Waals surface area contributed by atoms with E-state index >= 15 is 0 Å². The third-order valence-corrected chi connectivity index (χ3v) is 5.24. The van der Waals surface area contributed by atoms with Crippen molar-refractivity contribution in [2.75, 3.05) is 26.2 Å². The summed E-state index contributed by atoms with van der Waals surface area (Å²) in [6, 6.07) is 7.50. The predicted octanol–water partition coefficient (Wildman–Crippen LogP) is 2.24. The maximum Gasteiger partial charge on any atom is 0.341 e. The van der Waals surface area contributed by atoms with Gasteiger partial charge < -0.3 is 14.7 Å². The van der Waals surface area contributed by atoms with Crippen LogP contribution in [-0.4, -0.2) is 65.1 Å². The number of aliphatic carboxylic acids is 1. The lowest BCUT2D eigenvalue weighted by Gasteiger charge is -2.48. The van der Waals surface area contributed by atoms with Crippen molar-refractivity contribution >= 4 is 11.9 Å². The van der Waals surface area contributed by atoms with Crippen LogP contribution in [0.5, 0.6) is 5.75 Å². The van der Waals surface area contributed by atoms with E-state index in [4.69, 9.17) is 9.84 Å². The molecular formula is C19H26N2O4. The van der Waals surface area contributed by atoms with Crippen molar-refractivity contribution in [3.8, 4) is 5.75 Å². The van der Waals surface area contributed by atoms with Gasteiger partial charge in [0.1, 0.15) is 5.75 Å². The highest BCUT2D eigenvalue weighted by atomic mass is 16.5. The normalized spacial score (nSPS) is 23.8. The minimum atomic E-state index is -1.02. The molecule has 6 nitrogen and oxygen atoms in total. The van der Waals surface area contributed by atoms with Crippen LogP contribution in [0.25, 0.3) is 0 Å². The first-order valence-electron chi connectivity index (χ1n) is 9.08. The SMILES string of the molecule is CCC1CN2CCCCC2CN1C(=O)c1ccc(OCC(=O)O)cc1. The lowest BCUT2D eigenvalue weighted by molar-refractivity contribution is -0.139. The smallest absolute Gasteiger partial charge is 0.341 e. The van der Waals surface area contributed by atoms with Crippen LogP contribution in [0.4, 0.5) is 0 Å². The molecule has 2 atom stereocenters. The number of benzene rings is 1. The predicted molar refractivity (Wildman–Crippen MR) is 93.9 cm³/mol. The number of amides is 1. The van der Waals surface area contributed by atoms with Crippen molar-refractivity contribution in [3.05, 3.63) is 29.8 Å². The zero-order valence-electron chi connectivity index (χ0n) is 14.7. The van der Waals surface area contributed by atoms with Gasteiger partial charge in [0.2, 0.25) is 0 Å². The number of hydrogen-bond donors (Lipinski definition) is 1. The van der Waals surface area contributed by atoms with E-state index in [0.29, 0.717) is 17.4 Å². The molecule has 136 valence electrons. The minimum Gasteiger partial charge on any atom is -0.482 e. The van der Waals surface area contributed by atoms with Gasteiger partial charge in [-0.05, 0) is 50.1 Å². The maximum absolute atomic E-state index is 13.0. The quantitative estimate of drug-likeness (QED) is 0.885. The molecule has 1 aromatic rings. The molecule has 0 spiro atoms. The Morgan fingerprint density at radius 1 is 1.20 bits per heavy atom. The molecule has 2 aliphatic rings. The molecule has 2 unspecified atom stereocenters. The Morgan fingerprint density at radius 2 is 1.96 bits per heavy atom. The van der Waals surface area contributed by atoms with Crippen LogP contribution in [0.3, 0.4) is 0 Å². The highest BCUT2D eigenvalue weighted by Gasteiger charge is 2.36. The van der Waals surface area contributed by atoms with Gasteiger partial charge in [0.05, 0.1) is 0 Å². The van der Waals surface area contributed by atoms with Gasteiger partial charge in [-0.25, -0.2) is 4.79 Å². The first-order chi connectivity index (χ1) is 12.1. The molecule has 25 heavy (non-hydrogen) atoms. The van der Waals surface area contributed by atoms with E-state index in [2.05, 4.69) is 11.8 Å². The standard InChI is InChI=1S/C19H26N2O4/c1-2-15-11-20-10-4-3-5-16(20)12-21(15)19(24)14-6-8-17(9-7-14)25-13-18(22)23/h6-9,15-16H,2-5,10-13H2,1H3,(H,22,23). The van der Waals surface area contributed by atoms with E-state index < -0.39 is 5.97 Å². The Bertz CT molecular complexity index is 616. The van der Waals surface area contributed by atoms with Crippen LogP contribution in [0.1, 0.15) is 43.0 Å². The second kappa shape index (κ2) is 7.87. The summed E-state index contributed by atoms with van der Waals surface area (Å²) in [7, 11) is 0. The Labute approximate surface area is 148 Å². The highest BCUT2D eigenvalue weighted by molar-refractivity contribution is 5.94. The van der Waals surface area contributed by atoms with Crippen LogP contribution in [-0.2, 0) is 4.79 Å². The molecule has 3 rings (SSSR count). The Balaban J connectivity index is 1.69. The number of piperidine rings is 1. The summed E-state index contributed by atoms with van der Waals surface area (Å²) in [6.45, 7) is 4.67. The lowest BCUT2D eigenvalue weighted by Crippen LogP contribution is -2.60. The molecule has 2 saturated heterocycles. The first-order valence-corrected chi connectivity index (χ1v) is 9.08. The van der Waals surface area contributed by atoms with Gasteiger partial charge in [-0.2, -0.15) is 0 Å². The summed E-state index contributed by atoms with van der Waals surface area (Å²) >= 11 is 0. The number of hydrogen-bond acceptors (Lipinski definition) is 4. The van der Waals surface area contributed by atoms with Gasteiger partial charge in [-0.15, -0.1) is 0 Å². The van der Waals surface area contributed by atoms with Gasteiger partial charge in [0.25, 0.3) is 5.91 Å². The van der Waals surface area contributed by atoms with E-state index in [-0.39, 0.29) is 18.6 Å². The molecule has 0 saturated carbocycles. The Hall–Kier alpha value is -2.08. The number of carboxylic acids is 1. The van der Waals surface area contributed by atoms with Gasteiger partial charge in [-0.3, -0.25) is 9.69 Å². The van der Waals surface area contributed by atoms with E-state index in [1.54, 1.807) is 24.3 Å². The fourth-order valence-electron chi connectivity index (χ4n) is 3.86. The number of carbonyl (C=O) groups is 2. The first kappa shape index (κ1) is 17.7. The Morgan fingerprint density at radius 3 is 2.64 bits per heavy atom. The molecule has 2 aliphatic heterocycles.